The Morgan fingerprint density at radius 3 is 1.66 bits per heavy atom. The highest BCUT2D eigenvalue weighted by Crippen LogP contribution is 2.61. The van der Waals surface area contributed by atoms with Crippen molar-refractivity contribution < 1.29 is 0 Å². The van der Waals surface area contributed by atoms with E-state index in [9.17, 15) is 0 Å². The van der Waals surface area contributed by atoms with Gasteiger partial charge in [-0.25, -0.2) is 0 Å². The van der Waals surface area contributed by atoms with Gasteiger partial charge >= 0.3 is 0 Å². The van der Waals surface area contributed by atoms with Crippen molar-refractivity contribution in [3.05, 3.63) is 66.0 Å². The Kier molecular flexibility index (Phi) is 7.65. The van der Waals surface area contributed by atoms with E-state index in [2.05, 4.69) is 126 Å². The molecule has 1 aromatic carbocycles. The van der Waals surface area contributed by atoms with E-state index in [1.165, 1.54) is 17.0 Å². The second kappa shape index (κ2) is 9.61. The Bertz CT molecular complexity index is 940. The van der Waals surface area contributed by atoms with Crippen LogP contribution in [0, 0.1) is 0 Å². The van der Waals surface area contributed by atoms with Crippen molar-refractivity contribution >= 4 is 40.0 Å². The summed E-state index contributed by atoms with van der Waals surface area (Å²) in [7, 11) is -2.06. The summed E-state index contributed by atoms with van der Waals surface area (Å²) in [6, 6.07) is 16.3. The zero-order chi connectivity index (χ0) is 23.7. The lowest BCUT2D eigenvalue weighted by molar-refractivity contribution is 0.702. The largest absolute Gasteiger partial charge is 0.361 e. The topological polar surface area (TPSA) is 31.6 Å². The summed E-state index contributed by atoms with van der Waals surface area (Å²) in [6.07, 6.45) is 6.40. The van der Waals surface area contributed by atoms with Crippen molar-refractivity contribution in [1.29, 1.82) is 0 Å². The van der Waals surface area contributed by atoms with Gasteiger partial charge in [-0.05, 0) is 59.8 Å². The van der Waals surface area contributed by atoms with Crippen molar-refractivity contribution in [2.75, 3.05) is 0 Å². The van der Waals surface area contributed by atoms with Crippen LogP contribution in [0.25, 0.3) is 0 Å². The van der Waals surface area contributed by atoms with Crippen molar-refractivity contribution in [1.82, 2.24) is 9.97 Å². The van der Waals surface area contributed by atoms with Gasteiger partial charge in [0.2, 0.25) is 0 Å². The maximum atomic E-state index is 3.52. The molecule has 5 heteroatoms. The van der Waals surface area contributed by atoms with E-state index >= 15 is 0 Å². The van der Waals surface area contributed by atoms with E-state index in [-0.39, 0.29) is 7.92 Å². The molecule has 3 rings (SSSR count). The zero-order valence-electron chi connectivity index (χ0n) is 21.5. The minimum absolute atomic E-state index is 0.185. The molecule has 2 aromatic heterocycles. The maximum absolute atomic E-state index is 3.52. The van der Waals surface area contributed by atoms with Crippen LogP contribution in [0.5, 0.6) is 0 Å². The van der Waals surface area contributed by atoms with Gasteiger partial charge in [-0.15, -0.1) is 0 Å². The first kappa shape index (κ1) is 25.5. The van der Waals surface area contributed by atoms with Crippen LogP contribution in [0.15, 0.2) is 54.9 Å². The standard InChI is InChI=1S/C27H42N2P2Si/c1-26(2,3)31(27(4,5)6)20-21-14-15-23(32(7,8)9)18-22(21)19-30(24-12-10-16-28-24)25-13-11-17-29-25/h10-18,28-29H,19-20H2,1-9H3. The second-order valence-corrected chi connectivity index (χ2v) is 22.9. The van der Waals surface area contributed by atoms with Gasteiger partial charge in [0.05, 0.1) is 8.07 Å². The molecule has 32 heavy (non-hydrogen) atoms. The van der Waals surface area contributed by atoms with Crippen LogP contribution in [0.3, 0.4) is 0 Å². The Hall–Kier alpha value is -1.14. The summed E-state index contributed by atoms with van der Waals surface area (Å²) in [5, 5.41) is 2.22. The molecule has 174 valence electrons. The fourth-order valence-electron chi connectivity index (χ4n) is 4.49. The SMILES string of the molecule is CC(C)(C)P(Cc1ccc([Si](C)(C)C)cc1CP(c1ccc[nH]1)c1ccc[nH]1)C(C)(C)C. The molecule has 3 aromatic rings. The highest BCUT2D eigenvalue weighted by atomic mass is 31.1. The van der Waals surface area contributed by atoms with Gasteiger partial charge in [0.25, 0.3) is 0 Å². The molecule has 2 nitrogen and oxygen atoms in total. The van der Waals surface area contributed by atoms with Crippen molar-refractivity contribution in [3.63, 3.8) is 0 Å². The van der Waals surface area contributed by atoms with E-state index in [0.717, 1.165) is 6.16 Å². The number of aromatic nitrogens is 2. The molecule has 0 atom stereocenters. The minimum Gasteiger partial charge on any atom is -0.361 e. The van der Waals surface area contributed by atoms with Crippen LogP contribution in [-0.4, -0.2) is 28.4 Å². The van der Waals surface area contributed by atoms with Gasteiger partial charge in [0.1, 0.15) is 0 Å². The van der Waals surface area contributed by atoms with Crippen molar-refractivity contribution in [2.45, 2.75) is 83.8 Å². The average molecular weight is 485 g/mol. The van der Waals surface area contributed by atoms with E-state index in [4.69, 9.17) is 0 Å². The number of benzene rings is 1. The number of hydrogen-bond acceptors (Lipinski definition) is 0. The summed E-state index contributed by atoms with van der Waals surface area (Å²) < 4.78 is 0. The molecule has 0 bridgehead atoms. The molecular formula is C27H42N2P2Si. The van der Waals surface area contributed by atoms with Gasteiger partial charge in [-0.2, -0.15) is 0 Å². The van der Waals surface area contributed by atoms with E-state index in [1.54, 1.807) is 16.3 Å². The van der Waals surface area contributed by atoms with Crippen LogP contribution >= 0.6 is 15.8 Å². The molecule has 0 aliphatic rings. The quantitative estimate of drug-likeness (QED) is 0.265. The number of hydrogen-bond donors (Lipinski definition) is 2. The first-order valence-corrected chi connectivity index (χ1v) is 18.3. The second-order valence-electron chi connectivity index (χ2n) is 11.9. The lowest BCUT2D eigenvalue weighted by Crippen LogP contribution is -2.38. The van der Waals surface area contributed by atoms with E-state index in [0.29, 0.717) is 10.3 Å². The fourth-order valence-corrected chi connectivity index (χ4v) is 11.5. The molecule has 0 unspecified atom stereocenters. The van der Waals surface area contributed by atoms with Crippen LogP contribution in [-0.2, 0) is 12.3 Å². The molecule has 0 aliphatic carbocycles. The molecule has 0 saturated heterocycles. The maximum Gasteiger partial charge on any atom is 0.0776 e. The zero-order valence-corrected chi connectivity index (χ0v) is 24.3. The van der Waals surface area contributed by atoms with Crippen LogP contribution in [0.4, 0.5) is 0 Å². The summed E-state index contributed by atoms with van der Waals surface area (Å²) in [4.78, 5) is 7.04. The minimum atomic E-state index is -1.39. The highest BCUT2D eigenvalue weighted by molar-refractivity contribution is 7.71. The Morgan fingerprint density at radius 1 is 0.719 bits per heavy atom. The first-order valence-electron chi connectivity index (χ1n) is 11.7. The fraction of sp³-hybridized carbons (Fsp3) is 0.481. The molecule has 0 fully saturated rings. The number of aromatic amines is 2. The van der Waals surface area contributed by atoms with Crippen LogP contribution in [0.2, 0.25) is 19.6 Å². The Balaban J connectivity index is 2.07. The van der Waals surface area contributed by atoms with Crippen molar-refractivity contribution in [2.24, 2.45) is 0 Å². The smallest absolute Gasteiger partial charge is 0.0776 e. The van der Waals surface area contributed by atoms with Gasteiger partial charge in [0, 0.05) is 29.4 Å². The van der Waals surface area contributed by atoms with Gasteiger partial charge in [-0.1, -0.05) is 92.5 Å². The summed E-state index contributed by atoms with van der Waals surface area (Å²) in [5.74, 6) is 0. The lowest BCUT2D eigenvalue weighted by atomic mass is 10.1. The monoisotopic (exact) mass is 484 g/mol. The number of rotatable bonds is 7. The van der Waals surface area contributed by atoms with Gasteiger partial charge < -0.3 is 9.97 Å². The predicted molar refractivity (Wildman–Crippen MR) is 151 cm³/mol. The average Bonchev–Trinajstić information content (AvgIpc) is 3.36. The number of H-pyrrole nitrogens is 2. The molecule has 0 aliphatic heterocycles. The molecule has 0 saturated carbocycles. The molecule has 0 spiro atoms. The summed E-state index contributed by atoms with van der Waals surface area (Å²) in [6.45, 7) is 22.0. The first-order chi connectivity index (χ1) is 14.8. The molecule has 0 radical (unpaired) electrons. The third-order valence-corrected chi connectivity index (χ3v) is 14.4. The van der Waals surface area contributed by atoms with Crippen LogP contribution < -0.4 is 16.1 Å². The highest BCUT2D eigenvalue weighted by Gasteiger charge is 2.35. The number of nitrogens with one attached hydrogen (secondary N) is 2. The summed E-state index contributed by atoms with van der Waals surface area (Å²) >= 11 is 0. The van der Waals surface area contributed by atoms with Gasteiger partial charge in [-0.3, -0.25) is 0 Å². The lowest BCUT2D eigenvalue weighted by Gasteiger charge is -2.42. The van der Waals surface area contributed by atoms with Crippen LogP contribution in [0.1, 0.15) is 52.7 Å². The van der Waals surface area contributed by atoms with E-state index < -0.39 is 16.0 Å². The van der Waals surface area contributed by atoms with Crippen molar-refractivity contribution in [3.8, 4) is 0 Å². The third kappa shape index (κ3) is 6.25. The molecular weight excluding hydrogens is 442 g/mol. The Morgan fingerprint density at radius 2 is 1.25 bits per heavy atom. The van der Waals surface area contributed by atoms with E-state index in [1.807, 2.05) is 0 Å². The predicted octanol–water partition coefficient (Wildman–Crippen LogP) is 7.10. The molecule has 2 heterocycles. The third-order valence-electron chi connectivity index (χ3n) is 6.09. The Labute approximate surface area is 199 Å². The molecule has 2 N–H and O–H groups in total. The molecule has 0 amide bonds. The summed E-state index contributed by atoms with van der Waals surface area (Å²) in [5.41, 5.74) is 5.82. The van der Waals surface area contributed by atoms with Gasteiger partial charge in [0.15, 0.2) is 0 Å². The normalized spacial score (nSPS) is 13.3.